The van der Waals surface area contributed by atoms with Gasteiger partial charge < -0.3 is 20.1 Å². The van der Waals surface area contributed by atoms with Gasteiger partial charge in [-0.25, -0.2) is 0 Å². The summed E-state index contributed by atoms with van der Waals surface area (Å²) in [4.78, 5) is 0. The molecule has 0 saturated carbocycles. The first-order valence-electron chi connectivity index (χ1n) is 4.30. The Morgan fingerprint density at radius 3 is 2.93 bits per heavy atom. The number of furan rings is 1. The number of rotatable bonds is 2. The van der Waals surface area contributed by atoms with Gasteiger partial charge in [-0.15, -0.1) is 0 Å². The molecule has 1 aromatic carbocycles. The van der Waals surface area contributed by atoms with E-state index in [1.54, 1.807) is 25.3 Å². The van der Waals surface area contributed by atoms with Gasteiger partial charge >= 0.3 is 0 Å². The average molecular weight is 206 g/mol. The van der Waals surface area contributed by atoms with Gasteiger partial charge in [-0.05, 0) is 24.3 Å². The third-order valence-electron chi connectivity index (χ3n) is 2.08. The summed E-state index contributed by atoms with van der Waals surface area (Å²) in [6.45, 7) is 0. The Bertz CT molecular complexity index is 516. The number of methoxy groups -OCH3 is 1. The van der Waals surface area contributed by atoms with Gasteiger partial charge in [0.1, 0.15) is 11.3 Å². The summed E-state index contributed by atoms with van der Waals surface area (Å²) in [6, 6.07) is 7.05. The molecular formula is C10H10N2O3. The van der Waals surface area contributed by atoms with E-state index >= 15 is 0 Å². The molecule has 0 saturated heterocycles. The van der Waals surface area contributed by atoms with Crippen molar-refractivity contribution in [1.29, 1.82) is 0 Å². The predicted molar refractivity (Wildman–Crippen MR) is 55.3 cm³/mol. The van der Waals surface area contributed by atoms with E-state index in [1.807, 2.05) is 6.07 Å². The molecule has 1 aromatic heterocycles. The Morgan fingerprint density at radius 2 is 2.27 bits per heavy atom. The maximum atomic E-state index is 8.49. The van der Waals surface area contributed by atoms with Gasteiger partial charge in [0.25, 0.3) is 0 Å². The quantitative estimate of drug-likeness (QED) is 0.338. The van der Waals surface area contributed by atoms with Gasteiger partial charge in [-0.2, -0.15) is 0 Å². The van der Waals surface area contributed by atoms with Gasteiger partial charge in [-0.3, -0.25) is 0 Å². The van der Waals surface area contributed by atoms with E-state index in [4.69, 9.17) is 20.1 Å². The minimum absolute atomic E-state index is 0.0508. The fourth-order valence-electron chi connectivity index (χ4n) is 1.32. The summed E-state index contributed by atoms with van der Waals surface area (Å²) in [5, 5.41) is 12.2. The molecule has 0 aliphatic heterocycles. The third-order valence-corrected chi connectivity index (χ3v) is 2.08. The first-order valence-corrected chi connectivity index (χ1v) is 4.30. The van der Waals surface area contributed by atoms with Gasteiger partial charge in [0.2, 0.25) is 5.84 Å². The van der Waals surface area contributed by atoms with Crippen molar-refractivity contribution in [1.82, 2.24) is 0 Å². The van der Waals surface area contributed by atoms with Crippen LogP contribution in [0, 0.1) is 0 Å². The Balaban J connectivity index is 2.56. The molecule has 0 amide bonds. The van der Waals surface area contributed by atoms with Crippen molar-refractivity contribution < 1.29 is 14.4 Å². The van der Waals surface area contributed by atoms with E-state index in [0.717, 1.165) is 11.1 Å². The molecule has 0 spiro atoms. The summed E-state index contributed by atoms with van der Waals surface area (Å²) in [5.41, 5.74) is 6.07. The Kier molecular flexibility index (Phi) is 2.21. The minimum atomic E-state index is -0.0508. The summed E-state index contributed by atoms with van der Waals surface area (Å²) >= 11 is 0. The topological polar surface area (TPSA) is 81.0 Å². The molecule has 2 rings (SSSR count). The Labute approximate surface area is 85.7 Å². The lowest BCUT2D eigenvalue weighted by atomic mass is 10.2. The standard InChI is InChI=1S/C10H10N2O3/c1-14-7-2-3-8-6(4-7)5-9(15-8)10(11)12-13/h2-5,13H,1H3,(H2,11,12). The number of nitrogens with two attached hydrogens (primary N) is 1. The molecule has 0 atom stereocenters. The van der Waals surface area contributed by atoms with Crippen LogP contribution >= 0.6 is 0 Å². The Morgan fingerprint density at radius 1 is 1.47 bits per heavy atom. The molecule has 5 heteroatoms. The highest BCUT2D eigenvalue weighted by Crippen LogP contribution is 2.23. The fraction of sp³-hybridized carbons (Fsp3) is 0.100. The molecule has 0 fully saturated rings. The summed E-state index contributed by atoms with van der Waals surface area (Å²) in [7, 11) is 1.59. The average Bonchev–Trinajstić information content (AvgIpc) is 2.70. The van der Waals surface area contributed by atoms with Crippen LogP contribution in [0.1, 0.15) is 5.76 Å². The summed E-state index contributed by atoms with van der Waals surface area (Å²) in [6.07, 6.45) is 0. The van der Waals surface area contributed by atoms with Gasteiger partial charge in [0, 0.05) is 5.39 Å². The van der Waals surface area contributed by atoms with Crippen molar-refractivity contribution in [3.8, 4) is 5.75 Å². The van der Waals surface area contributed by atoms with Crippen molar-refractivity contribution in [2.75, 3.05) is 7.11 Å². The normalized spacial score (nSPS) is 11.9. The largest absolute Gasteiger partial charge is 0.497 e. The molecule has 0 bridgehead atoms. The van der Waals surface area contributed by atoms with E-state index in [0.29, 0.717) is 11.3 Å². The number of amidine groups is 1. The molecule has 5 nitrogen and oxygen atoms in total. The number of hydrogen-bond acceptors (Lipinski definition) is 4. The zero-order valence-corrected chi connectivity index (χ0v) is 8.10. The maximum absolute atomic E-state index is 8.49. The number of ether oxygens (including phenoxy) is 1. The van der Waals surface area contributed by atoms with Crippen LogP contribution in [-0.4, -0.2) is 18.2 Å². The van der Waals surface area contributed by atoms with Gasteiger partial charge in [0.15, 0.2) is 5.76 Å². The monoisotopic (exact) mass is 206 g/mol. The van der Waals surface area contributed by atoms with Crippen molar-refractivity contribution >= 4 is 16.8 Å². The molecular weight excluding hydrogens is 196 g/mol. The molecule has 0 unspecified atom stereocenters. The van der Waals surface area contributed by atoms with Crippen molar-refractivity contribution in [3.63, 3.8) is 0 Å². The number of hydrogen-bond donors (Lipinski definition) is 2. The molecule has 15 heavy (non-hydrogen) atoms. The zero-order chi connectivity index (χ0) is 10.8. The van der Waals surface area contributed by atoms with Crippen LogP contribution in [0.15, 0.2) is 33.8 Å². The molecule has 3 N–H and O–H groups in total. The highest BCUT2D eigenvalue weighted by Gasteiger charge is 2.08. The summed E-state index contributed by atoms with van der Waals surface area (Å²) < 4.78 is 10.4. The molecule has 1 heterocycles. The first-order chi connectivity index (χ1) is 7.24. The lowest BCUT2D eigenvalue weighted by Gasteiger charge is -1.96. The van der Waals surface area contributed by atoms with E-state index in [2.05, 4.69) is 5.16 Å². The van der Waals surface area contributed by atoms with Crippen LogP contribution in [0.5, 0.6) is 5.75 Å². The SMILES string of the molecule is COc1ccc2oc(C(N)=NO)cc2c1. The van der Waals surface area contributed by atoms with Gasteiger partial charge in [-0.1, -0.05) is 5.16 Å². The fourth-order valence-corrected chi connectivity index (χ4v) is 1.32. The maximum Gasteiger partial charge on any atom is 0.205 e. The molecule has 78 valence electrons. The minimum Gasteiger partial charge on any atom is -0.497 e. The predicted octanol–water partition coefficient (Wildman–Crippen LogP) is 1.54. The second-order valence-electron chi connectivity index (χ2n) is 3.00. The second kappa shape index (κ2) is 3.53. The second-order valence-corrected chi connectivity index (χ2v) is 3.00. The molecule has 0 aliphatic rings. The van der Waals surface area contributed by atoms with E-state index in [1.165, 1.54) is 0 Å². The van der Waals surface area contributed by atoms with Crippen LogP contribution in [0.2, 0.25) is 0 Å². The first kappa shape index (κ1) is 9.39. The van der Waals surface area contributed by atoms with Crippen molar-refractivity contribution in [2.45, 2.75) is 0 Å². The van der Waals surface area contributed by atoms with Crippen LogP contribution < -0.4 is 10.5 Å². The third kappa shape index (κ3) is 1.59. The highest BCUT2D eigenvalue weighted by molar-refractivity contribution is 5.98. The highest BCUT2D eigenvalue weighted by atomic mass is 16.5. The van der Waals surface area contributed by atoms with Gasteiger partial charge in [0.05, 0.1) is 7.11 Å². The van der Waals surface area contributed by atoms with Crippen LogP contribution in [0.25, 0.3) is 11.0 Å². The molecule has 0 radical (unpaired) electrons. The van der Waals surface area contributed by atoms with Crippen molar-refractivity contribution in [2.24, 2.45) is 10.9 Å². The number of fused-ring (bicyclic) bond motifs is 1. The zero-order valence-electron chi connectivity index (χ0n) is 8.10. The molecule has 2 aromatic rings. The number of nitrogens with zero attached hydrogens (tertiary/aromatic N) is 1. The van der Waals surface area contributed by atoms with Crippen LogP contribution in [-0.2, 0) is 0 Å². The number of benzene rings is 1. The smallest absolute Gasteiger partial charge is 0.205 e. The lowest BCUT2D eigenvalue weighted by molar-refractivity contribution is 0.317. The van der Waals surface area contributed by atoms with Crippen LogP contribution in [0.3, 0.4) is 0 Å². The van der Waals surface area contributed by atoms with Crippen molar-refractivity contribution in [3.05, 3.63) is 30.0 Å². The van der Waals surface area contributed by atoms with E-state index < -0.39 is 0 Å². The van der Waals surface area contributed by atoms with E-state index in [9.17, 15) is 0 Å². The van der Waals surface area contributed by atoms with Crippen LogP contribution in [0.4, 0.5) is 0 Å². The number of oxime groups is 1. The summed E-state index contributed by atoms with van der Waals surface area (Å²) in [5.74, 6) is 1.01. The lowest BCUT2D eigenvalue weighted by Crippen LogP contribution is -2.11. The Hall–Kier alpha value is -2.17. The van der Waals surface area contributed by atoms with E-state index in [-0.39, 0.29) is 5.84 Å². The molecule has 0 aliphatic carbocycles.